The summed E-state index contributed by atoms with van der Waals surface area (Å²) in [4.78, 5) is 14.7. The number of benzene rings is 1. The summed E-state index contributed by atoms with van der Waals surface area (Å²) in [6.07, 6.45) is 2.46. The van der Waals surface area contributed by atoms with Gasteiger partial charge in [0.15, 0.2) is 6.10 Å². The average molecular weight is 288 g/mol. The van der Waals surface area contributed by atoms with Gasteiger partial charge in [0.05, 0.1) is 18.1 Å². The first kappa shape index (κ1) is 14.6. The minimum atomic E-state index is -1.01. The molecule has 1 atom stereocenters. The van der Waals surface area contributed by atoms with Crippen molar-refractivity contribution in [3.8, 4) is 5.75 Å². The van der Waals surface area contributed by atoms with E-state index in [1.165, 1.54) is 11.6 Å². The maximum Gasteiger partial charge on any atom is 0.344 e. The lowest BCUT2D eigenvalue weighted by Crippen LogP contribution is -2.22. The SMILES string of the molecule is Cc1cn(N=Cc2ccc(OC(C)C(=O)O)cc2)c(N)n1. The zero-order chi connectivity index (χ0) is 15.4. The normalized spacial score (nSPS) is 12.5. The van der Waals surface area contributed by atoms with Gasteiger partial charge in [-0.15, -0.1) is 0 Å². The average Bonchev–Trinajstić information content (AvgIpc) is 2.76. The van der Waals surface area contributed by atoms with Crippen LogP contribution in [0.2, 0.25) is 0 Å². The van der Waals surface area contributed by atoms with Crippen molar-refractivity contribution in [2.24, 2.45) is 5.10 Å². The molecule has 3 N–H and O–H groups in total. The summed E-state index contributed by atoms with van der Waals surface area (Å²) in [5.41, 5.74) is 7.29. The lowest BCUT2D eigenvalue weighted by Gasteiger charge is -2.09. The molecule has 2 rings (SSSR count). The van der Waals surface area contributed by atoms with Crippen LogP contribution in [0, 0.1) is 6.92 Å². The number of nitrogens with two attached hydrogens (primary N) is 1. The highest BCUT2D eigenvalue weighted by atomic mass is 16.5. The Balaban J connectivity index is 2.05. The molecule has 0 aliphatic heterocycles. The van der Waals surface area contributed by atoms with E-state index in [4.69, 9.17) is 15.6 Å². The quantitative estimate of drug-likeness (QED) is 0.812. The molecule has 1 aromatic carbocycles. The van der Waals surface area contributed by atoms with E-state index >= 15 is 0 Å². The number of hydrogen-bond acceptors (Lipinski definition) is 5. The lowest BCUT2D eigenvalue weighted by molar-refractivity contribution is -0.144. The van der Waals surface area contributed by atoms with E-state index in [2.05, 4.69) is 10.1 Å². The molecule has 110 valence electrons. The number of aryl methyl sites for hydroxylation is 1. The minimum Gasteiger partial charge on any atom is -0.479 e. The van der Waals surface area contributed by atoms with E-state index in [9.17, 15) is 4.79 Å². The second-order valence-corrected chi connectivity index (χ2v) is 4.50. The van der Waals surface area contributed by atoms with Gasteiger partial charge in [-0.25, -0.2) is 14.5 Å². The monoisotopic (exact) mass is 288 g/mol. The molecule has 0 saturated carbocycles. The van der Waals surface area contributed by atoms with Crippen molar-refractivity contribution in [3.05, 3.63) is 41.7 Å². The molecule has 0 bridgehead atoms. The Kier molecular flexibility index (Phi) is 4.22. The molecule has 0 radical (unpaired) electrons. The maximum absolute atomic E-state index is 10.7. The third-order valence-electron chi connectivity index (χ3n) is 2.71. The van der Waals surface area contributed by atoms with E-state index in [1.54, 1.807) is 36.7 Å². The van der Waals surface area contributed by atoms with Crippen LogP contribution in [-0.2, 0) is 4.79 Å². The fraction of sp³-hybridized carbons (Fsp3) is 0.214. The number of hydrogen-bond donors (Lipinski definition) is 2. The molecule has 21 heavy (non-hydrogen) atoms. The summed E-state index contributed by atoms with van der Waals surface area (Å²) < 4.78 is 6.72. The summed E-state index contributed by atoms with van der Waals surface area (Å²) in [6, 6.07) is 6.91. The molecule has 0 saturated heterocycles. The van der Waals surface area contributed by atoms with E-state index in [1.807, 2.05) is 6.92 Å². The number of imidazole rings is 1. The van der Waals surface area contributed by atoms with E-state index in [-0.39, 0.29) is 0 Å². The third-order valence-corrected chi connectivity index (χ3v) is 2.71. The summed E-state index contributed by atoms with van der Waals surface area (Å²) in [5, 5.41) is 13.0. The minimum absolute atomic E-state index is 0.319. The number of carbonyl (C=O) groups is 1. The summed E-state index contributed by atoms with van der Waals surface area (Å²) >= 11 is 0. The van der Waals surface area contributed by atoms with Crippen LogP contribution in [-0.4, -0.2) is 33.1 Å². The molecule has 0 spiro atoms. The first-order chi connectivity index (χ1) is 9.95. The predicted molar refractivity (Wildman–Crippen MR) is 78.5 cm³/mol. The number of rotatable bonds is 5. The standard InChI is InChI=1S/C14H16N4O3/c1-9-8-18(14(15)17-9)16-7-11-3-5-12(6-4-11)21-10(2)13(19)20/h3-8,10H,1-2H3,(H2,15,17)(H,19,20). The molecule has 0 amide bonds. The number of carboxylic acid groups (broad SMARTS) is 1. The van der Waals surface area contributed by atoms with Gasteiger partial charge in [-0.1, -0.05) is 0 Å². The molecule has 0 fully saturated rings. The molecular weight excluding hydrogens is 272 g/mol. The van der Waals surface area contributed by atoms with Gasteiger partial charge in [-0.3, -0.25) is 0 Å². The van der Waals surface area contributed by atoms with Gasteiger partial charge in [-0.2, -0.15) is 5.10 Å². The van der Waals surface area contributed by atoms with Crippen molar-refractivity contribution in [1.29, 1.82) is 0 Å². The largest absolute Gasteiger partial charge is 0.479 e. The highest BCUT2D eigenvalue weighted by Gasteiger charge is 2.11. The maximum atomic E-state index is 10.7. The van der Waals surface area contributed by atoms with Crippen LogP contribution in [0.25, 0.3) is 0 Å². The zero-order valence-electron chi connectivity index (χ0n) is 11.7. The number of ether oxygens (including phenoxy) is 1. The van der Waals surface area contributed by atoms with E-state index in [0.29, 0.717) is 11.7 Å². The third kappa shape index (κ3) is 3.82. The van der Waals surface area contributed by atoms with Crippen LogP contribution in [0.3, 0.4) is 0 Å². The first-order valence-electron chi connectivity index (χ1n) is 6.31. The Labute approximate surface area is 121 Å². The first-order valence-corrected chi connectivity index (χ1v) is 6.31. The highest BCUT2D eigenvalue weighted by Crippen LogP contribution is 2.13. The lowest BCUT2D eigenvalue weighted by atomic mass is 10.2. The van der Waals surface area contributed by atoms with Crippen molar-refractivity contribution in [2.45, 2.75) is 20.0 Å². The van der Waals surface area contributed by atoms with Crippen LogP contribution >= 0.6 is 0 Å². The molecule has 2 aromatic rings. The van der Waals surface area contributed by atoms with Crippen molar-refractivity contribution < 1.29 is 14.6 Å². The fourth-order valence-corrected chi connectivity index (χ4v) is 1.61. The topological polar surface area (TPSA) is 103 Å². The summed E-state index contributed by atoms with van der Waals surface area (Å²) in [5.74, 6) is -0.203. The number of anilines is 1. The second-order valence-electron chi connectivity index (χ2n) is 4.50. The van der Waals surface area contributed by atoms with Crippen LogP contribution in [0.15, 0.2) is 35.6 Å². The number of aliphatic carboxylic acids is 1. The van der Waals surface area contributed by atoms with Gasteiger partial charge in [-0.05, 0) is 43.7 Å². The van der Waals surface area contributed by atoms with Crippen molar-refractivity contribution in [2.75, 3.05) is 5.73 Å². The van der Waals surface area contributed by atoms with Gasteiger partial charge in [0.1, 0.15) is 5.75 Å². The van der Waals surface area contributed by atoms with Crippen LogP contribution < -0.4 is 10.5 Å². The Morgan fingerprint density at radius 1 is 1.48 bits per heavy atom. The summed E-state index contributed by atoms with van der Waals surface area (Å²) in [6.45, 7) is 3.31. The van der Waals surface area contributed by atoms with Gasteiger partial charge in [0, 0.05) is 0 Å². The molecular formula is C14H16N4O3. The van der Waals surface area contributed by atoms with Gasteiger partial charge in [0.25, 0.3) is 0 Å². The van der Waals surface area contributed by atoms with Crippen LogP contribution in [0.5, 0.6) is 5.75 Å². The predicted octanol–water partition coefficient (Wildman–Crippen LogP) is 1.51. The zero-order valence-corrected chi connectivity index (χ0v) is 11.7. The highest BCUT2D eigenvalue weighted by molar-refractivity contribution is 5.79. The smallest absolute Gasteiger partial charge is 0.344 e. The molecule has 1 aromatic heterocycles. The van der Waals surface area contributed by atoms with Crippen molar-refractivity contribution >= 4 is 18.1 Å². The van der Waals surface area contributed by atoms with Gasteiger partial charge in [0.2, 0.25) is 5.95 Å². The molecule has 1 heterocycles. The second kappa shape index (κ2) is 6.08. The van der Waals surface area contributed by atoms with Crippen LogP contribution in [0.1, 0.15) is 18.2 Å². The molecule has 7 heteroatoms. The molecule has 0 aliphatic carbocycles. The van der Waals surface area contributed by atoms with Gasteiger partial charge < -0.3 is 15.6 Å². The Morgan fingerprint density at radius 2 is 2.14 bits per heavy atom. The van der Waals surface area contributed by atoms with E-state index < -0.39 is 12.1 Å². The number of nitrogens with zero attached hydrogens (tertiary/aromatic N) is 3. The number of carboxylic acids is 1. The molecule has 1 unspecified atom stereocenters. The Hall–Kier alpha value is -2.83. The Bertz CT molecular complexity index is 661. The van der Waals surface area contributed by atoms with Crippen molar-refractivity contribution in [1.82, 2.24) is 9.66 Å². The van der Waals surface area contributed by atoms with Crippen molar-refractivity contribution in [3.63, 3.8) is 0 Å². The summed E-state index contributed by atoms with van der Waals surface area (Å²) in [7, 11) is 0. The number of aromatic nitrogens is 2. The molecule has 7 nitrogen and oxygen atoms in total. The van der Waals surface area contributed by atoms with E-state index in [0.717, 1.165) is 11.3 Å². The Morgan fingerprint density at radius 3 is 2.67 bits per heavy atom. The molecule has 0 aliphatic rings. The number of nitrogen functional groups attached to an aromatic ring is 1. The van der Waals surface area contributed by atoms with Gasteiger partial charge >= 0.3 is 5.97 Å². The fourth-order valence-electron chi connectivity index (χ4n) is 1.61. The van der Waals surface area contributed by atoms with Crippen LogP contribution in [0.4, 0.5) is 5.95 Å².